The Morgan fingerprint density at radius 1 is 0.571 bits per heavy atom. The lowest BCUT2D eigenvalue weighted by molar-refractivity contribution is 0.120. The van der Waals surface area contributed by atoms with Crippen LogP contribution in [0.1, 0.15) is 67.2 Å². The van der Waals surface area contributed by atoms with E-state index in [1.807, 2.05) is 36.4 Å². The number of carbonyl (C=O) groups excluding carboxylic acids is 2. The van der Waals surface area contributed by atoms with E-state index >= 15 is 0 Å². The number of aryl methyl sites for hydroxylation is 2. The molecule has 0 atom stereocenters. The summed E-state index contributed by atoms with van der Waals surface area (Å²) in [5, 5.41) is 0. The maximum atomic E-state index is 12.9. The van der Waals surface area contributed by atoms with Crippen molar-refractivity contribution in [1.29, 1.82) is 0 Å². The molecule has 0 aliphatic heterocycles. The van der Waals surface area contributed by atoms with Crippen molar-refractivity contribution in [2.24, 2.45) is 0 Å². The molecule has 5 rings (SSSR count). The van der Waals surface area contributed by atoms with E-state index < -0.39 is 28.9 Å². The average Bonchev–Trinajstić information content (AvgIpc) is 3.19. The summed E-state index contributed by atoms with van der Waals surface area (Å²) in [5.74, 6) is 2.08. The number of rotatable bonds is 17. The first kappa shape index (κ1) is 42.6. The molecule has 4 aromatic rings. The zero-order valence-electron chi connectivity index (χ0n) is 34.1. The molecule has 0 bridgehead atoms. The van der Waals surface area contributed by atoms with Crippen molar-refractivity contribution in [1.82, 2.24) is 0 Å². The Bertz CT molecular complexity index is 1890. The lowest BCUT2D eigenvalue weighted by Crippen LogP contribution is -2.44. The van der Waals surface area contributed by atoms with E-state index in [9.17, 15) is 9.59 Å². The minimum atomic E-state index is -1.93. The van der Waals surface area contributed by atoms with Crippen LogP contribution in [0, 0.1) is 0 Å². The Balaban J connectivity index is 1.08. The molecule has 1 aliphatic rings. The van der Waals surface area contributed by atoms with Gasteiger partial charge in [0.1, 0.15) is 5.75 Å². The van der Waals surface area contributed by atoms with E-state index in [2.05, 4.69) is 73.4 Å². The molecular weight excluding hydrogens is 741 g/mol. The predicted molar refractivity (Wildman–Crippen MR) is 225 cm³/mol. The molecule has 0 radical (unpaired) electrons. The van der Waals surface area contributed by atoms with Crippen LogP contribution in [0.25, 0.3) is 0 Å². The Morgan fingerprint density at radius 2 is 1.07 bits per heavy atom. The molecule has 0 unspecified atom stereocenters. The minimum Gasteiger partial charge on any atom is -0.493 e. The Labute approximate surface area is 334 Å². The van der Waals surface area contributed by atoms with Crippen LogP contribution < -0.4 is 23.7 Å². The van der Waals surface area contributed by atoms with Gasteiger partial charge in [-0.25, -0.2) is 9.59 Å². The molecule has 1 saturated carbocycles. The second kappa shape index (κ2) is 19.5. The summed E-state index contributed by atoms with van der Waals surface area (Å²) < 4.78 is 38.9. The normalized spacial score (nSPS) is 14.1. The first-order valence-electron chi connectivity index (χ1n) is 19.7. The standard InChI is InChI=1S/C45H58O9Si2/c1-48-41-32-34(20-26-39(41)52-43(46)50-3)16-14-30-55(4,5)54-56(6,7)31-15-17-35-21-27-40(42(33-35)49-2)53-44(47)51-38-24-22-37(23-25-38)45(28-12-9-13-29-45)36-18-10-8-11-19-36/h8,10-11,18-27,32-33H,9,12-17,28-31H2,1-7H3. The van der Waals surface area contributed by atoms with E-state index in [-0.39, 0.29) is 5.41 Å². The second-order valence-corrected chi connectivity index (χ2v) is 24.7. The monoisotopic (exact) mass is 798 g/mol. The van der Waals surface area contributed by atoms with Crippen LogP contribution in [0.4, 0.5) is 9.59 Å². The molecule has 0 amide bonds. The van der Waals surface area contributed by atoms with Crippen LogP contribution >= 0.6 is 0 Å². The van der Waals surface area contributed by atoms with Gasteiger partial charge in [0.05, 0.1) is 21.3 Å². The van der Waals surface area contributed by atoms with Gasteiger partial charge in [0.15, 0.2) is 39.6 Å². The highest BCUT2D eigenvalue weighted by Gasteiger charge is 2.36. The van der Waals surface area contributed by atoms with Crippen LogP contribution in [0.15, 0.2) is 91.0 Å². The fourth-order valence-corrected chi connectivity index (χ4v) is 16.9. The van der Waals surface area contributed by atoms with Gasteiger partial charge in [-0.2, -0.15) is 0 Å². The summed E-state index contributed by atoms with van der Waals surface area (Å²) in [7, 11) is 0.561. The molecule has 11 heteroatoms. The van der Waals surface area contributed by atoms with Crippen molar-refractivity contribution in [2.75, 3.05) is 21.3 Å². The van der Waals surface area contributed by atoms with Crippen molar-refractivity contribution >= 4 is 28.9 Å². The highest BCUT2D eigenvalue weighted by Crippen LogP contribution is 2.45. The highest BCUT2D eigenvalue weighted by atomic mass is 28.4. The highest BCUT2D eigenvalue weighted by molar-refractivity contribution is 6.84. The van der Waals surface area contributed by atoms with E-state index in [0.29, 0.717) is 28.7 Å². The smallest absolute Gasteiger partial charge is 0.493 e. The Hall–Kier alpha value is -4.59. The third-order valence-corrected chi connectivity index (χ3v) is 18.2. The van der Waals surface area contributed by atoms with E-state index in [4.69, 9.17) is 27.8 Å². The topological polar surface area (TPSA) is 98.8 Å². The van der Waals surface area contributed by atoms with Crippen LogP contribution in [0.3, 0.4) is 0 Å². The summed E-state index contributed by atoms with van der Waals surface area (Å²) >= 11 is 0. The number of hydrogen-bond acceptors (Lipinski definition) is 9. The van der Waals surface area contributed by atoms with Gasteiger partial charge in [-0.15, -0.1) is 0 Å². The van der Waals surface area contributed by atoms with Gasteiger partial charge >= 0.3 is 12.3 Å². The molecule has 0 spiro atoms. The van der Waals surface area contributed by atoms with Gasteiger partial charge in [-0.3, -0.25) is 0 Å². The molecule has 300 valence electrons. The van der Waals surface area contributed by atoms with E-state index in [1.165, 1.54) is 37.5 Å². The molecule has 0 heterocycles. The number of carbonyl (C=O) groups is 2. The Kier molecular flexibility index (Phi) is 14.8. The van der Waals surface area contributed by atoms with Crippen molar-refractivity contribution in [3.8, 4) is 28.7 Å². The fraction of sp³-hybridized carbons (Fsp3) is 0.422. The average molecular weight is 799 g/mol. The van der Waals surface area contributed by atoms with E-state index in [0.717, 1.165) is 61.7 Å². The van der Waals surface area contributed by atoms with Gasteiger partial charge in [-0.05, 0) is 135 Å². The van der Waals surface area contributed by atoms with Crippen molar-refractivity contribution in [3.63, 3.8) is 0 Å². The maximum absolute atomic E-state index is 12.9. The summed E-state index contributed by atoms with van der Waals surface area (Å²) in [6.45, 7) is 9.22. The summed E-state index contributed by atoms with van der Waals surface area (Å²) in [6, 6.07) is 32.0. The summed E-state index contributed by atoms with van der Waals surface area (Å²) in [5.41, 5.74) is 4.79. The minimum absolute atomic E-state index is 0.0190. The van der Waals surface area contributed by atoms with Crippen molar-refractivity contribution < 1.29 is 42.1 Å². The molecule has 0 saturated heterocycles. The number of methoxy groups -OCH3 is 3. The van der Waals surface area contributed by atoms with Crippen LogP contribution in [0.2, 0.25) is 38.3 Å². The molecule has 9 nitrogen and oxygen atoms in total. The number of benzene rings is 4. The van der Waals surface area contributed by atoms with Gasteiger partial charge in [0, 0.05) is 5.41 Å². The molecular formula is C45H58O9Si2. The predicted octanol–water partition coefficient (Wildman–Crippen LogP) is 11.7. The fourth-order valence-electron chi connectivity index (χ4n) is 8.03. The Morgan fingerprint density at radius 3 is 1.57 bits per heavy atom. The van der Waals surface area contributed by atoms with Crippen LogP contribution in [-0.4, -0.2) is 50.3 Å². The SMILES string of the molecule is COC(=O)Oc1ccc(CCC[Si](C)(C)O[Si](C)(C)CCCc2ccc(OC(=O)Oc3ccc(C4(c5ccccc5)CCCCC4)cc3)c(OC)c2)cc1OC. The maximum Gasteiger partial charge on any atom is 0.519 e. The van der Waals surface area contributed by atoms with Gasteiger partial charge < -0.3 is 32.5 Å². The molecule has 56 heavy (non-hydrogen) atoms. The van der Waals surface area contributed by atoms with Crippen molar-refractivity contribution in [2.45, 2.75) is 101 Å². The summed E-state index contributed by atoms with van der Waals surface area (Å²) in [6.07, 6.45) is 8.00. The third kappa shape index (κ3) is 11.7. The van der Waals surface area contributed by atoms with Gasteiger partial charge in [0.2, 0.25) is 0 Å². The van der Waals surface area contributed by atoms with Crippen LogP contribution in [0.5, 0.6) is 28.7 Å². The largest absolute Gasteiger partial charge is 0.519 e. The van der Waals surface area contributed by atoms with Crippen molar-refractivity contribution in [3.05, 3.63) is 113 Å². The van der Waals surface area contributed by atoms with Gasteiger partial charge in [-0.1, -0.05) is 73.9 Å². The quantitative estimate of drug-likeness (QED) is 0.0587. The van der Waals surface area contributed by atoms with Crippen LogP contribution in [-0.2, 0) is 27.1 Å². The molecule has 1 aliphatic carbocycles. The molecule has 4 aromatic carbocycles. The molecule has 1 fully saturated rings. The lowest BCUT2D eigenvalue weighted by atomic mass is 9.65. The first-order valence-corrected chi connectivity index (χ1v) is 25.9. The van der Waals surface area contributed by atoms with Gasteiger partial charge in [0.25, 0.3) is 0 Å². The number of ether oxygens (including phenoxy) is 6. The molecule has 0 aromatic heterocycles. The lowest BCUT2D eigenvalue weighted by Gasteiger charge is -2.38. The third-order valence-electron chi connectivity index (χ3n) is 10.7. The molecule has 0 N–H and O–H groups in total. The number of hydrogen-bond donors (Lipinski definition) is 0. The summed E-state index contributed by atoms with van der Waals surface area (Å²) in [4.78, 5) is 24.4. The van der Waals surface area contributed by atoms with E-state index in [1.54, 1.807) is 26.4 Å². The zero-order valence-corrected chi connectivity index (χ0v) is 36.1. The zero-order chi connectivity index (χ0) is 40.2. The second-order valence-electron chi connectivity index (χ2n) is 15.8. The first-order chi connectivity index (χ1) is 26.8.